The van der Waals surface area contributed by atoms with Gasteiger partial charge >= 0.3 is 6.61 Å². The zero-order valence-electron chi connectivity index (χ0n) is 20.4. The van der Waals surface area contributed by atoms with Crippen molar-refractivity contribution >= 4 is 11.6 Å². The third-order valence-corrected chi connectivity index (χ3v) is 5.85. The highest BCUT2D eigenvalue weighted by Crippen LogP contribution is 2.34. The van der Waals surface area contributed by atoms with Crippen LogP contribution in [0, 0.1) is 6.92 Å². The topological polar surface area (TPSA) is 56.2 Å². The van der Waals surface area contributed by atoms with Gasteiger partial charge in [0.25, 0.3) is 11.8 Å². The van der Waals surface area contributed by atoms with Gasteiger partial charge in [0.2, 0.25) is 0 Å². The van der Waals surface area contributed by atoms with Crippen molar-refractivity contribution in [2.45, 2.75) is 39.7 Å². The van der Waals surface area contributed by atoms with Gasteiger partial charge in [-0.1, -0.05) is 49.4 Å². The smallest absolute Gasteiger partial charge is 0.387 e. The molecule has 0 fully saturated rings. The fourth-order valence-corrected chi connectivity index (χ4v) is 4.17. The van der Waals surface area contributed by atoms with Gasteiger partial charge in [0.15, 0.2) is 0 Å². The minimum Gasteiger partial charge on any atom is -0.434 e. The van der Waals surface area contributed by atoms with E-state index in [9.17, 15) is 22.4 Å². The average Bonchev–Trinajstić information content (AvgIpc) is 3.20. The molecule has 0 aliphatic rings. The molecule has 0 saturated carbocycles. The van der Waals surface area contributed by atoms with Crippen LogP contribution in [-0.4, -0.2) is 22.3 Å². The van der Waals surface area contributed by atoms with E-state index >= 15 is 0 Å². The van der Waals surface area contributed by atoms with Crippen LogP contribution in [0.4, 0.5) is 23.2 Å². The van der Waals surface area contributed by atoms with Crippen LogP contribution in [0.25, 0.3) is 16.8 Å². The maximum atomic E-state index is 13.7. The van der Waals surface area contributed by atoms with Gasteiger partial charge in [0, 0.05) is 23.7 Å². The first-order chi connectivity index (χ1) is 17.6. The van der Waals surface area contributed by atoms with E-state index in [0.717, 1.165) is 6.92 Å². The molecular formula is C28H25F4N3O2. The predicted molar refractivity (Wildman–Crippen MR) is 134 cm³/mol. The summed E-state index contributed by atoms with van der Waals surface area (Å²) in [5.74, 6) is -3.53. The number of hydrogen-bond acceptors (Lipinski definition) is 3. The number of ether oxygens (including phenoxy) is 1. The lowest BCUT2D eigenvalue weighted by molar-refractivity contribution is -0.0494. The highest BCUT2D eigenvalue weighted by atomic mass is 19.3. The monoisotopic (exact) mass is 511 g/mol. The summed E-state index contributed by atoms with van der Waals surface area (Å²) in [6, 6.07) is 19.2. The molecule has 0 unspecified atom stereocenters. The van der Waals surface area contributed by atoms with Crippen molar-refractivity contribution in [3.05, 3.63) is 95.3 Å². The normalized spacial score (nSPS) is 11.6. The number of aryl methyl sites for hydroxylation is 1. The summed E-state index contributed by atoms with van der Waals surface area (Å²) in [4.78, 5) is 13.2. The Balaban J connectivity index is 1.74. The lowest BCUT2D eigenvalue weighted by atomic mass is 10.0. The Kier molecular flexibility index (Phi) is 7.33. The quantitative estimate of drug-likeness (QED) is 0.251. The standard InChI is InChI=1S/C28H25F4N3O2/c1-4-23-25(26(36)33-20-12-8-11-19(15-20)28(3,31)32)17(2)34-35(23)21-13-14-24(37-27(29)30)22(16-21)18-9-6-5-7-10-18/h5-16,27H,4H2,1-3H3,(H,33,36). The lowest BCUT2D eigenvalue weighted by Gasteiger charge is -2.15. The van der Waals surface area contributed by atoms with Gasteiger partial charge in [0.1, 0.15) is 5.75 Å². The Morgan fingerprint density at radius 3 is 2.43 bits per heavy atom. The number of nitrogens with zero attached hydrogens (tertiary/aromatic N) is 2. The van der Waals surface area contributed by atoms with Crippen LogP contribution >= 0.6 is 0 Å². The third-order valence-electron chi connectivity index (χ3n) is 5.85. The predicted octanol–water partition coefficient (Wildman–Crippen LogP) is 7.38. The summed E-state index contributed by atoms with van der Waals surface area (Å²) in [5.41, 5.74) is 3.00. The molecule has 1 N–H and O–H groups in total. The SMILES string of the molecule is CCc1c(C(=O)Nc2cccc(C(C)(F)F)c2)c(C)nn1-c1ccc(OC(F)F)c(-c2ccccc2)c1. The molecule has 0 atom stereocenters. The van der Waals surface area contributed by atoms with Crippen LogP contribution in [0.5, 0.6) is 5.75 Å². The fourth-order valence-electron chi connectivity index (χ4n) is 4.17. The Bertz CT molecular complexity index is 1410. The number of benzene rings is 3. The van der Waals surface area contributed by atoms with Crippen molar-refractivity contribution < 1.29 is 27.1 Å². The summed E-state index contributed by atoms with van der Waals surface area (Å²) in [7, 11) is 0. The van der Waals surface area contributed by atoms with Crippen LogP contribution in [0.2, 0.25) is 0 Å². The minimum absolute atomic E-state index is 0.0115. The third kappa shape index (κ3) is 5.66. The van der Waals surface area contributed by atoms with E-state index in [1.165, 1.54) is 30.3 Å². The second-order valence-electron chi connectivity index (χ2n) is 8.52. The number of alkyl halides is 4. The molecule has 4 aromatic rings. The van der Waals surface area contributed by atoms with E-state index in [4.69, 9.17) is 4.74 Å². The zero-order chi connectivity index (χ0) is 26.7. The van der Waals surface area contributed by atoms with Crippen molar-refractivity contribution in [2.24, 2.45) is 0 Å². The second kappa shape index (κ2) is 10.5. The van der Waals surface area contributed by atoms with E-state index < -0.39 is 18.4 Å². The molecule has 0 spiro atoms. The Morgan fingerprint density at radius 1 is 1.05 bits per heavy atom. The first-order valence-corrected chi connectivity index (χ1v) is 11.6. The highest BCUT2D eigenvalue weighted by Gasteiger charge is 2.26. The lowest BCUT2D eigenvalue weighted by Crippen LogP contribution is -2.16. The van der Waals surface area contributed by atoms with Crippen LogP contribution in [0.15, 0.2) is 72.8 Å². The van der Waals surface area contributed by atoms with Crippen molar-refractivity contribution in [3.8, 4) is 22.6 Å². The molecule has 0 aliphatic carbocycles. The molecule has 0 aliphatic heterocycles. The van der Waals surface area contributed by atoms with E-state index in [1.54, 1.807) is 48.0 Å². The van der Waals surface area contributed by atoms with Crippen molar-refractivity contribution in [3.63, 3.8) is 0 Å². The maximum absolute atomic E-state index is 13.7. The van der Waals surface area contributed by atoms with E-state index in [0.29, 0.717) is 40.2 Å². The molecule has 5 nitrogen and oxygen atoms in total. The molecule has 9 heteroatoms. The molecule has 0 saturated heterocycles. The van der Waals surface area contributed by atoms with E-state index in [2.05, 4.69) is 10.4 Å². The number of carbonyl (C=O) groups excluding carboxylic acids is 1. The first-order valence-electron chi connectivity index (χ1n) is 11.6. The van der Waals surface area contributed by atoms with E-state index in [1.807, 2.05) is 13.0 Å². The molecule has 192 valence electrons. The van der Waals surface area contributed by atoms with Crippen LogP contribution in [0.3, 0.4) is 0 Å². The van der Waals surface area contributed by atoms with Gasteiger partial charge in [0.05, 0.1) is 22.6 Å². The molecule has 0 bridgehead atoms. The average molecular weight is 512 g/mol. The Morgan fingerprint density at radius 2 is 1.78 bits per heavy atom. The minimum atomic E-state index is -3.05. The summed E-state index contributed by atoms with van der Waals surface area (Å²) in [6.07, 6.45) is 0.423. The molecule has 0 radical (unpaired) electrons. The number of hydrogen-bond donors (Lipinski definition) is 1. The molecule has 37 heavy (non-hydrogen) atoms. The number of amides is 1. The number of rotatable bonds is 8. The van der Waals surface area contributed by atoms with Crippen molar-refractivity contribution in [1.29, 1.82) is 0 Å². The van der Waals surface area contributed by atoms with Gasteiger partial charge in [-0.05, 0) is 49.2 Å². The number of halogens is 4. The first kappa shape index (κ1) is 25.9. The maximum Gasteiger partial charge on any atom is 0.387 e. The molecule has 1 heterocycles. The largest absolute Gasteiger partial charge is 0.434 e. The van der Waals surface area contributed by atoms with Gasteiger partial charge in [-0.3, -0.25) is 4.79 Å². The number of aromatic nitrogens is 2. The number of anilines is 1. The summed E-state index contributed by atoms with van der Waals surface area (Å²) in [6.45, 7) is 1.33. The van der Waals surface area contributed by atoms with Gasteiger partial charge < -0.3 is 10.1 Å². The van der Waals surface area contributed by atoms with Crippen LogP contribution < -0.4 is 10.1 Å². The van der Waals surface area contributed by atoms with Crippen molar-refractivity contribution in [2.75, 3.05) is 5.32 Å². The summed E-state index contributed by atoms with van der Waals surface area (Å²) >= 11 is 0. The second-order valence-corrected chi connectivity index (χ2v) is 8.52. The zero-order valence-corrected chi connectivity index (χ0v) is 20.4. The fraction of sp³-hybridized carbons (Fsp3) is 0.214. The van der Waals surface area contributed by atoms with Crippen molar-refractivity contribution in [1.82, 2.24) is 9.78 Å². The highest BCUT2D eigenvalue weighted by molar-refractivity contribution is 6.06. The van der Waals surface area contributed by atoms with Crippen LogP contribution in [-0.2, 0) is 12.3 Å². The van der Waals surface area contributed by atoms with Gasteiger partial charge in [-0.25, -0.2) is 13.5 Å². The van der Waals surface area contributed by atoms with Crippen LogP contribution in [0.1, 0.15) is 41.2 Å². The number of nitrogens with one attached hydrogen (secondary N) is 1. The summed E-state index contributed by atoms with van der Waals surface area (Å²) < 4.78 is 59.9. The summed E-state index contributed by atoms with van der Waals surface area (Å²) in [5, 5.41) is 7.23. The Labute approximate surface area is 211 Å². The van der Waals surface area contributed by atoms with E-state index in [-0.39, 0.29) is 17.0 Å². The molecule has 4 rings (SSSR count). The molecule has 1 aromatic heterocycles. The van der Waals surface area contributed by atoms with Gasteiger partial charge in [-0.2, -0.15) is 13.9 Å². The molecular weight excluding hydrogens is 486 g/mol. The number of carbonyl (C=O) groups is 1. The van der Waals surface area contributed by atoms with Gasteiger partial charge in [-0.15, -0.1) is 0 Å². The molecule has 3 aromatic carbocycles. The Hall–Kier alpha value is -4.14. The molecule has 1 amide bonds.